The molecule has 0 aromatic rings. The summed E-state index contributed by atoms with van der Waals surface area (Å²) in [6.07, 6.45) is 6.94. The number of primary amides is 1. The Morgan fingerprint density at radius 2 is 1.72 bits per heavy atom. The van der Waals surface area contributed by atoms with E-state index in [0.717, 1.165) is 12.8 Å². The Morgan fingerprint density at radius 1 is 1.12 bits per heavy atom. The summed E-state index contributed by atoms with van der Waals surface area (Å²) < 4.78 is 0. The van der Waals surface area contributed by atoms with Gasteiger partial charge in [0.2, 0.25) is 0 Å². The number of Topliss-reactive ketones (excluding diaryl/α,β-unsaturated/α-hetero) is 1. The van der Waals surface area contributed by atoms with Gasteiger partial charge >= 0.3 is 6.03 Å². The maximum atomic E-state index is 11.7. The van der Waals surface area contributed by atoms with Crippen molar-refractivity contribution in [3.05, 3.63) is 0 Å². The molecule has 0 radical (unpaired) electrons. The molecule has 3 N–H and O–H groups in total. The third-order valence-electron chi connectivity index (χ3n) is 6.44. The Labute approximate surface area is 154 Å². The van der Waals surface area contributed by atoms with E-state index in [1.165, 1.54) is 25.7 Å². The van der Waals surface area contributed by atoms with Crippen LogP contribution in [0.2, 0.25) is 0 Å². The van der Waals surface area contributed by atoms with Crippen molar-refractivity contribution < 1.29 is 9.59 Å². The molecule has 0 bridgehead atoms. The van der Waals surface area contributed by atoms with Crippen LogP contribution in [0, 0.1) is 29.1 Å². The molecule has 0 heterocycles. The van der Waals surface area contributed by atoms with Crippen molar-refractivity contribution in [1.82, 2.24) is 5.32 Å². The molecule has 25 heavy (non-hydrogen) atoms. The van der Waals surface area contributed by atoms with Crippen LogP contribution in [0.15, 0.2) is 0 Å². The van der Waals surface area contributed by atoms with Crippen LogP contribution in [0.1, 0.15) is 87.0 Å². The summed E-state index contributed by atoms with van der Waals surface area (Å²) in [5.74, 6) is 2.34. The van der Waals surface area contributed by atoms with Crippen LogP contribution >= 0.6 is 0 Å². The van der Waals surface area contributed by atoms with Crippen molar-refractivity contribution in [1.29, 1.82) is 0 Å². The minimum atomic E-state index is -0.446. The summed E-state index contributed by atoms with van der Waals surface area (Å²) >= 11 is 0. The van der Waals surface area contributed by atoms with Crippen molar-refractivity contribution >= 4 is 11.8 Å². The van der Waals surface area contributed by atoms with Crippen LogP contribution in [0.25, 0.3) is 0 Å². The molecule has 2 amide bonds. The number of hydrogen-bond acceptors (Lipinski definition) is 2. The lowest BCUT2D eigenvalue weighted by Crippen LogP contribution is -2.47. The third kappa shape index (κ3) is 6.99. The van der Waals surface area contributed by atoms with Gasteiger partial charge in [0, 0.05) is 11.5 Å². The number of carbonyl (C=O) groups excluding carboxylic acids is 2. The fraction of sp³-hybridized carbons (Fsp3) is 0.905. The van der Waals surface area contributed by atoms with E-state index in [2.05, 4.69) is 33.0 Å². The Morgan fingerprint density at radius 3 is 2.24 bits per heavy atom. The van der Waals surface area contributed by atoms with Crippen molar-refractivity contribution in [2.45, 2.75) is 92.5 Å². The monoisotopic (exact) mass is 352 g/mol. The molecule has 4 nitrogen and oxygen atoms in total. The molecule has 1 saturated carbocycles. The second-order valence-corrected chi connectivity index (χ2v) is 9.88. The summed E-state index contributed by atoms with van der Waals surface area (Å²) in [7, 11) is 0. The smallest absolute Gasteiger partial charge is 0.312 e. The van der Waals surface area contributed by atoms with Crippen molar-refractivity contribution in [3.8, 4) is 0 Å². The number of amides is 2. The average molecular weight is 353 g/mol. The number of carbonyl (C=O) groups is 2. The second-order valence-electron chi connectivity index (χ2n) is 9.88. The predicted molar refractivity (Wildman–Crippen MR) is 104 cm³/mol. The second kappa shape index (κ2) is 8.55. The molecular weight excluding hydrogens is 312 g/mol. The van der Waals surface area contributed by atoms with Crippen LogP contribution in [0.5, 0.6) is 0 Å². The highest BCUT2D eigenvalue weighted by Crippen LogP contribution is 2.46. The highest BCUT2D eigenvalue weighted by Gasteiger charge is 2.37. The zero-order valence-corrected chi connectivity index (χ0v) is 17.4. The summed E-state index contributed by atoms with van der Waals surface area (Å²) in [6, 6.07) is -0.446. The lowest BCUT2D eigenvalue weighted by Gasteiger charge is -2.43. The quantitative estimate of drug-likeness (QED) is 0.651. The zero-order valence-electron chi connectivity index (χ0n) is 17.4. The van der Waals surface area contributed by atoms with Gasteiger partial charge in [0.05, 0.1) is 0 Å². The maximum Gasteiger partial charge on any atom is 0.312 e. The van der Waals surface area contributed by atoms with Crippen LogP contribution in [-0.4, -0.2) is 17.4 Å². The molecule has 0 spiro atoms. The molecule has 1 rings (SSSR count). The van der Waals surface area contributed by atoms with E-state index < -0.39 is 6.03 Å². The molecule has 0 aromatic heterocycles. The summed E-state index contributed by atoms with van der Waals surface area (Å²) in [5, 5.41) is 2.87. The van der Waals surface area contributed by atoms with E-state index in [9.17, 15) is 9.59 Å². The van der Waals surface area contributed by atoms with Gasteiger partial charge in [0.15, 0.2) is 0 Å². The Hall–Kier alpha value is -1.06. The molecule has 1 fully saturated rings. The lowest BCUT2D eigenvalue weighted by atomic mass is 9.62. The van der Waals surface area contributed by atoms with Crippen molar-refractivity contribution in [2.75, 3.05) is 0 Å². The summed E-state index contributed by atoms with van der Waals surface area (Å²) in [5.41, 5.74) is 5.24. The molecular formula is C21H40N2O2. The SMILES string of the molecule is CC(=O)C(C)CC(C)(C)C1CCCC(C(C)CC(C)(C)NC(N)=O)C1. The van der Waals surface area contributed by atoms with E-state index in [4.69, 9.17) is 5.73 Å². The van der Waals surface area contributed by atoms with Crippen molar-refractivity contribution in [3.63, 3.8) is 0 Å². The van der Waals surface area contributed by atoms with Gasteiger partial charge in [-0.05, 0) is 69.6 Å². The van der Waals surface area contributed by atoms with Crippen LogP contribution < -0.4 is 11.1 Å². The van der Waals surface area contributed by atoms with E-state index in [0.29, 0.717) is 23.5 Å². The van der Waals surface area contributed by atoms with Crippen LogP contribution in [0.3, 0.4) is 0 Å². The Balaban J connectivity index is 2.69. The Bertz CT molecular complexity index is 471. The summed E-state index contributed by atoms with van der Waals surface area (Å²) in [4.78, 5) is 22.9. The molecule has 4 unspecified atom stereocenters. The Kier molecular flexibility index (Phi) is 7.52. The van der Waals surface area contributed by atoms with Gasteiger partial charge in [0.1, 0.15) is 5.78 Å². The zero-order chi connectivity index (χ0) is 19.4. The number of nitrogens with one attached hydrogen (secondary N) is 1. The number of rotatable bonds is 8. The fourth-order valence-corrected chi connectivity index (χ4v) is 4.91. The first-order valence-corrected chi connectivity index (χ1v) is 9.92. The van der Waals surface area contributed by atoms with E-state index in [1.807, 2.05) is 13.8 Å². The van der Waals surface area contributed by atoms with Crippen LogP contribution in [-0.2, 0) is 4.79 Å². The maximum absolute atomic E-state index is 11.7. The number of hydrogen-bond donors (Lipinski definition) is 2. The molecule has 0 aromatic carbocycles. The van der Waals surface area contributed by atoms with Gasteiger partial charge in [-0.25, -0.2) is 4.79 Å². The van der Waals surface area contributed by atoms with Gasteiger partial charge < -0.3 is 11.1 Å². The fourth-order valence-electron chi connectivity index (χ4n) is 4.91. The molecule has 1 aliphatic rings. The van der Waals surface area contributed by atoms with Crippen molar-refractivity contribution in [2.24, 2.45) is 34.8 Å². The number of urea groups is 1. The normalized spacial score (nSPS) is 24.4. The first-order valence-electron chi connectivity index (χ1n) is 9.92. The highest BCUT2D eigenvalue weighted by atomic mass is 16.2. The third-order valence-corrected chi connectivity index (χ3v) is 6.44. The minimum absolute atomic E-state index is 0.145. The van der Waals surface area contributed by atoms with Gasteiger partial charge in [0.25, 0.3) is 0 Å². The molecule has 0 aliphatic heterocycles. The number of ketones is 1. The van der Waals surface area contributed by atoms with Gasteiger partial charge in [-0.1, -0.05) is 40.5 Å². The lowest BCUT2D eigenvalue weighted by molar-refractivity contribution is -0.121. The average Bonchev–Trinajstić information content (AvgIpc) is 2.44. The van der Waals surface area contributed by atoms with Gasteiger partial charge in [-0.3, -0.25) is 4.79 Å². The standard InChI is InChI=1S/C21H40N2O2/c1-14(16(3)24)12-20(4,5)18-10-8-9-17(11-18)15(2)13-21(6,7)23-19(22)25/h14-15,17-18H,8-13H2,1-7H3,(H3,22,23,25). The van der Waals surface area contributed by atoms with Crippen LogP contribution in [0.4, 0.5) is 4.79 Å². The highest BCUT2D eigenvalue weighted by molar-refractivity contribution is 5.77. The predicted octanol–water partition coefficient (Wildman–Crippen LogP) is 4.91. The van der Waals surface area contributed by atoms with Gasteiger partial charge in [-0.15, -0.1) is 0 Å². The van der Waals surface area contributed by atoms with E-state index in [1.54, 1.807) is 6.92 Å². The molecule has 4 atom stereocenters. The molecule has 1 aliphatic carbocycles. The van der Waals surface area contributed by atoms with E-state index in [-0.39, 0.29) is 16.9 Å². The topological polar surface area (TPSA) is 72.2 Å². The first-order chi connectivity index (χ1) is 11.3. The van der Waals surface area contributed by atoms with E-state index >= 15 is 0 Å². The molecule has 4 heteroatoms. The molecule has 0 saturated heterocycles. The van der Waals surface area contributed by atoms with Gasteiger partial charge in [-0.2, -0.15) is 0 Å². The minimum Gasteiger partial charge on any atom is -0.352 e. The first kappa shape index (κ1) is 22.0. The summed E-state index contributed by atoms with van der Waals surface area (Å²) in [6.45, 7) is 14.8. The largest absolute Gasteiger partial charge is 0.352 e. The number of nitrogens with two attached hydrogens (primary N) is 1. The molecule has 146 valence electrons.